The first-order valence-electron chi connectivity index (χ1n) is 9.00. The van der Waals surface area contributed by atoms with Crippen molar-refractivity contribution in [1.82, 2.24) is 9.88 Å². The Bertz CT molecular complexity index is 740. The van der Waals surface area contributed by atoms with E-state index in [0.717, 1.165) is 23.2 Å². The Hall–Kier alpha value is -2.40. The number of nitrogens with zero attached hydrogens (tertiary/aromatic N) is 2. The van der Waals surface area contributed by atoms with Crippen molar-refractivity contribution in [3.8, 4) is 11.3 Å². The number of hydrogen-bond donors (Lipinski definition) is 0. The highest BCUT2D eigenvalue weighted by molar-refractivity contribution is 5.69. The Labute approximate surface area is 155 Å². The van der Waals surface area contributed by atoms with Crippen LogP contribution in [0.4, 0.5) is 4.79 Å². The van der Waals surface area contributed by atoms with Gasteiger partial charge in [0.05, 0.1) is 24.9 Å². The van der Waals surface area contributed by atoms with E-state index in [4.69, 9.17) is 9.47 Å². The molecule has 0 N–H and O–H groups in total. The molecule has 26 heavy (non-hydrogen) atoms. The Morgan fingerprint density at radius 2 is 2.12 bits per heavy atom. The van der Waals surface area contributed by atoms with E-state index in [1.807, 2.05) is 45.0 Å². The van der Waals surface area contributed by atoms with Gasteiger partial charge >= 0.3 is 6.09 Å². The molecule has 3 rings (SSSR count). The summed E-state index contributed by atoms with van der Waals surface area (Å²) in [5.74, 6) is 0. The molecular weight excluding hydrogens is 328 g/mol. The van der Waals surface area contributed by atoms with Crippen LogP contribution in [0.5, 0.6) is 0 Å². The van der Waals surface area contributed by atoms with Gasteiger partial charge in [-0.1, -0.05) is 24.3 Å². The molecule has 1 amide bonds. The summed E-state index contributed by atoms with van der Waals surface area (Å²) >= 11 is 0. The van der Waals surface area contributed by atoms with Crippen molar-refractivity contribution in [2.24, 2.45) is 0 Å². The number of morpholine rings is 1. The van der Waals surface area contributed by atoms with Crippen LogP contribution in [0, 0.1) is 0 Å². The molecule has 1 aromatic heterocycles. The van der Waals surface area contributed by atoms with Crippen molar-refractivity contribution in [3.63, 3.8) is 0 Å². The first kappa shape index (κ1) is 18.4. The van der Waals surface area contributed by atoms with Gasteiger partial charge in [0.2, 0.25) is 0 Å². The zero-order valence-electron chi connectivity index (χ0n) is 15.6. The van der Waals surface area contributed by atoms with Gasteiger partial charge in [-0.25, -0.2) is 4.79 Å². The molecule has 1 aliphatic rings. The number of carbonyl (C=O) groups excluding carboxylic acids is 1. The predicted octanol–water partition coefficient (Wildman–Crippen LogP) is 3.93. The third kappa shape index (κ3) is 4.82. The minimum Gasteiger partial charge on any atom is -0.444 e. The number of pyridine rings is 1. The summed E-state index contributed by atoms with van der Waals surface area (Å²) in [6, 6.07) is 14.1. The average molecular weight is 354 g/mol. The average Bonchev–Trinajstić information content (AvgIpc) is 2.62. The van der Waals surface area contributed by atoms with Crippen LogP contribution in [0.1, 0.15) is 26.3 Å². The summed E-state index contributed by atoms with van der Waals surface area (Å²) in [6.07, 6.45) is 2.24. The number of hydrogen-bond acceptors (Lipinski definition) is 4. The zero-order valence-corrected chi connectivity index (χ0v) is 15.6. The van der Waals surface area contributed by atoms with Crippen LogP contribution in [0.15, 0.2) is 48.7 Å². The molecule has 1 saturated heterocycles. The third-order valence-corrected chi connectivity index (χ3v) is 4.21. The van der Waals surface area contributed by atoms with Gasteiger partial charge in [-0.05, 0) is 51.0 Å². The minimum absolute atomic E-state index is 0.0300. The van der Waals surface area contributed by atoms with Gasteiger partial charge in [-0.2, -0.15) is 0 Å². The second kappa shape index (κ2) is 7.87. The molecule has 1 unspecified atom stereocenters. The molecule has 2 aromatic rings. The number of carbonyl (C=O) groups is 1. The lowest BCUT2D eigenvalue weighted by molar-refractivity contribution is -0.0319. The SMILES string of the molecule is CC(C)(C)OC(=O)N1CCOCC1Cc1cccc(-c2ccccn2)c1. The smallest absolute Gasteiger partial charge is 0.410 e. The fourth-order valence-corrected chi connectivity index (χ4v) is 3.05. The van der Waals surface area contributed by atoms with Crippen molar-refractivity contribution in [2.45, 2.75) is 38.8 Å². The molecule has 1 atom stereocenters. The summed E-state index contributed by atoms with van der Waals surface area (Å²) in [4.78, 5) is 18.7. The van der Waals surface area contributed by atoms with E-state index in [2.05, 4.69) is 23.2 Å². The van der Waals surface area contributed by atoms with E-state index in [9.17, 15) is 4.79 Å². The zero-order chi connectivity index (χ0) is 18.6. The summed E-state index contributed by atoms with van der Waals surface area (Å²) in [5, 5.41) is 0. The van der Waals surface area contributed by atoms with E-state index < -0.39 is 5.60 Å². The maximum atomic E-state index is 12.5. The Morgan fingerprint density at radius 3 is 2.85 bits per heavy atom. The number of amides is 1. The molecule has 1 aromatic carbocycles. The first-order valence-corrected chi connectivity index (χ1v) is 9.00. The standard InChI is InChI=1S/C21H26N2O3/c1-21(2,3)26-20(24)23-11-12-25-15-18(23)14-16-7-6-8-17(13-16)19-9-4-5-10-22-19/h4-10,13,18H,11-12,14-15H2,1-3H3. The lowest BCUT2D eigenvalue weighted by Gasteiger charge is -2.36. The van der Waals surface area contributed by atoms with Crippen LogP contribution in [-0.4, -0.2) is 47.4 Å². The molecule has 1 aliphatic heterocycles. The van der Waals surface area contributed by atoms with E-state index in [1.54, 1.807) is 11.1 Å². The van der Waals surface area contributed by atoms with Crippen molar-refractivity contribution in [1.29, 1.82) is 0 Å². The predicted molar refractivity (Wildman–Crippen MR) is 101 cm³/mol. The van der Waals surface area contributed by atoms with Gasteiger partial charge in [-0.3, -0.25) is 4.98 Å². The molecule has 5 heteroatoms. The molecule has 0 bridgehead atoms. The fourth-order valence-electron chi connectivity index (χ4n) is 3.05. The fraction of sp³-hybridized carbons (Fsp3) is 0.429. The molecule has 0 radical (unpaired) electrons. The normalized spacial score (nSPS) is 17.8. The van der Waals surface area contributed by atoms with Crippen LogP contribution < -0.4 is 0 Å². The maximum Gasteiger partial charge on any atom is 0.410 e. The van der Waals surface area contributed by atoms with Crippen molar-refractivity contribution < 1.29 is 14.3 Å². The molecule has 0 saturated carbocycles. The first-order chi connectivity index (χ1) is 12.4. The van der Waals surface area contributed by atoms with Gasteiger partial charge in [-0.15, -0.1) is 0 Å². The molecule has 2 heterocycles. The van der Waals surface area contributed by atoms with E-state index in [-0.39, 0.29) is 12.1 Å². The summed E-state index contributed by atoms with van der Waals surface area (Å²) in [7, 11) is 0. The highest BCUT2D eigenvalue weighted by atomic mass is 16.6. The lowest BCUT2D eigenvalue weighted by atomic mass is 10.0. The highest BCUT2D eigenvalue weighted by Crippen LogP contribution is 2.21. The topological polar surface area (TPSA) is 51.7 Å². The summed E-state index contributed by atoms with van der Waals surface area (Å²) < 4.78 is 11.2. The van der Waals surface area contributed by atoms with Gasteiger partial charge in [0.1, 0.15) is 5.60 Å². The van der Waals surface area contributed by atoms with Gasteiger partial charge in [0, 0.05) is 18.3 Å². The van der Waals surface area contributed by atoms with Crippen molar-refractivity contribution in [2.75, 3.05) is 19.8 Å². The van der Waals surface area contributed by atoms with Gasteiger partial charge in [0.15, 0.2) is 0 Å². The Balaban J connectivity index is 1.75. The van der Waals surface area contributed by atoms with E-state index in [0.29, 0.717) is 19.8 Å². The molecule has 0 spiro atoms. The molecular formula is C21H26N2O3. The van der Waals surface area contributed by atoms with Crippen LogP contribution in [-0.2, 0) is 15.9 Å². The molecule has 1 fully saturated rings. The second-order valence-electron chi connectivity index (χ2n) is 7.52. The Morgan fingerprint density at radius 1 is 1.27 bits per heavy atom. The van der Waals surface area contributed by atoms with Crippen LogP contribution in [0.2, 0.25) is 0 Å². The quantitative estimate of drug-likeness (QED) is 0.838. The van der Waals surface area contributed by atoms with E-state index >= 15 is 0 Å². The number of aromatic nitrogens is 1. The minimum atomic E-state index is -0.501. The number of ether oxygens (including phenoxy) is 2. The van der Waals surface area contributed by atoms with Gasteiger partial charge < -0.3 is 14.4 Å². The van der Waals surface area contributed by atoms with Crippen molar-refractivity contribution >= 4 is 6.09 Å². The van der Waals surface area contributed by atoms with E-state index in [1.165, 1.54) is 0 Å². The number of benzene rings is 1. The third-order valence-electron chi connectivity index (χ3n) is 4.21. The van der Waals surface area contributed by atoms with Gasteiger partial charge in [0.25, 0.3) is 0 Å². The summed E-state index contributed by atoms with van der Waals surface area (Å²) in [5.41, 5.74) is 2.66. The summed E-state index contributed by atoms with van der Waals surface area (Å²) in [6.45, 7) is 7.28. The van der Waals surface area contributed by atoms with Crippen molar-refractivity contribution in [3.05, 3.63) is 54.2 Å². The highest BCUT2D eigenvalue weighted by Gasteiger charge is 2.31. The lowest BCUT2D eigenvalue weighted by Crippen LogP contribution is -2.51. The molecule has 5 nitrogen and oxygen atoms in total. The monoisotopic (exact) mass is 354 g/mol. The maximum absolute atomic E-state index is 12.5. The van der Waals surface area contributed by atoms with Crippen LogP contribution in [0.3, 0.4) is 0 Å². The molecule has 0 aliphatic carbocycles. The Kier molecular flexibility index (Phi) is 5.57. The second-order valence-corrected chi connectivity index (χ2v) is 7.52. The molecule has 138 valence electrons. The van der Waals surface area contributed by atoms with Crippen LogP contribution in [0.25, 0.3) is 11.3 Å². The number of rotatable bonds is 3. The largest absolute Gasteiger partial charge is 0.444 e. The van der Waals surface area contributed by atoms with Crippen LogP contribution >= 0.6 is 0 Å².